The van der Waals surface area contributed by atoms with Gasteiger partial charge in [0.1, 0.15) is 11.0 Å². The lowest BCUT2D eigenvalue weighted by atomic mass is 9.92. The predicted octanol–water partition coefficient (Wildman–Crippen LogP) is 6.31. The van der Waals surface area contributed by atoms with E-state index in [4.69, 9.17) is 14.4 Å². The molecule has 2 aromatic carbocycles. The van der Waals surface area contributed by atoms with Crippen LogP contribution in [0.5, 0.6) is 0 Å². The summed E-state index contributed by atoms with van der Waals surface area (Å²) in [5.41, 5.74) is 9.43. The maximum absolute atomic E-state index is 14.2. The fourth-order valence-electron chi connectivity index (χ4n) is 8.22. The van der Waals surface area contributed by atoms with Crippen LogP contribution in [0.4, 0.5) is 20.3 Å². The van der Waals surface area contributed by atoms with Gasteiger partial charge in [0.25, 0.3) is 6.43 Å². The number of β-amino-alcohol motifs (C(OH)–C–C–N with tert-alkyl or cyclic N) is 1. The number of carboxylic acids is 1. The summed E-state index contributed by atoms with van der Waals surface area (Å²) >= 11 is 0. The fraction of sp³-hybridized carbons (Fsp3) is 0.350. The minimum absolute atomic E-state index is 0.345. The summed E-state index contributed by atoms with van der Waals surface area (Å²) in [6, 6.07) is 15.8. The number of fused-ring (bicyclic) bond motifs is 3. The highest BCUT2D eigenvalue weighted by Crippen LogP contribution is 2.43. The molecule has 54 heavy (non-hydrogen) atoms. The van der Waals surface area contributed by atoms with Gasteiger partial charge in [0, 0.05) is 62.9 Å². The van der Waals surface area contributed by atoms with Crippen molar-refractivity contribution in [2.75, 3.05) is 37.6 Å². The summed E-state index contributed by atoms with van der Waals surface area (Å²) in [7, 11) is 0. The number of aromatic nitrogens is 5. The molecular formula is C40H38F2N8O4. The molecule has 7 heterocycles. The predicted molar refractivity (Wildman–Crippen MR) is 197 cm³/mol. The smallest absolute Gasteiger partial charge is 0.307 e. The highest BCUT2D eigenvalue weighted by molar-refractivity contribution is 5.91. The summed E-state index contributed by atoms with van der Waals surface area (Å²) in [5, 5.41) is 19.3. The van der Waals surface area contributed by atoms with E-state index >= 15 is 0 Å². The molecule has 3 aliphatic rings. The van der Waals surface area contributed by atoms with Crippen LogP contribution in [0.1, 0.15) is 47.3 Å². The number of carbonyl (C=O) groups is 1. The zero-order chi connectivity index (χ0) is 37.1. The molecule has 4 aromatic heterocycles. The highest BCUT2D eigenvalue weighted by atomic mass is 19.3. The molecule has 2 N–H and O–H groups in total. The van der Waals surface area contributed by atoms with E-state index in [-0.39, 0.29) is 12.0 Å². The first-order valence-electron chi connectivity index (χ1n) is 18.2. The van der Waals surface area contributed by atoms with Crippen molar-refractivity contribution in [2.24, 2.45) is 5.92 Å². The topological polar surface area (TPSA) is 145 Å². The van der Waals surface area contributed by atoms with Gasteiger partial charge in [0.15, 0.2) is 11.6 Å². The third-order valence-electron chi connectivity index (χ3n) is 10.9. The van der Waals surface area contributed by atoms with Crippen molar-refractivity contribution in [2.45, 2.75) is 51.8 Å². The van der Waals surface area contributed by atoms with Gasteiger partial charge in [-0.25, -0.2) is 28.7 Å². The molecule has 0 bridgehead atoms. The Balaban J connectivity index is 1.02. The van der Waals surface area contributed by atoms with E-state index in [0.717, 1.165) is 57.7 Å². The standard InChI is InChI=1S/C40H38F2N8O4/c1-22-27(4-2-5-28(22)38-46-32-15-24(17-44-39(32)54-38)18-48-11-8-25(20-48)40(52)53)29-6-3-7-33-30(29)10-13-50(33)37-34-31(45-36(47-37)35(41)42)14-23(16-43-34)19-49-12-9-26(51)21-49/h2-7,14-17,25-26,35,51H,8-13,18-21H2,1H3,(H,52,53). The van der Waals surface area contributed by atoms with E-state index < -0.39 is 18.2 Å². The van der Waals surface area contributed by atoms with E-state index in [9.17, 15) is 23.8 Å². The molecule has 276 valence electrons. The van der Waals surface area contributed by atoms with Crippen molar-refractivity contribution < 1.29 is 28.2 Å². The average Bonchev–Trinajstić information content (AvgIpc) is 3.98. The van der Waals surface area contributed by atoms with Gasteiger partial charge in [-0.2, -0.15) is 0 Å². The van der Waals surface area contributed by atoms with Crippen molar-refractivity contribution in [1.29, 1.82) is 0 Å². The van der Waals surface area contributed by atoms with Crippen molar-refractivity contribution >= 4 is 39.7 Å². The number of hydrogen-bond donors (Lipinski definition) is 2. The Morgan fingerprint density at radius 2 is 1.61 bits per heavy atom. The number of likely N-dealkylation sites (tertiary alicyclic amines) is 2. The molecular weight excluding hydrogens is 694 g/mol. The summed E-state index contributed by atoms with van der Waals surface area (Å²) in [5.74, 6) is -0.835. The number of aliphatic hydroxyl groups excluding tert-OH is 1. The van der Waals surface area contributed by atoms with Crippen LogP contribution in [-0.2, 0) is 24.3 Å². The summed E-state index contributed by atoms with van der Waals surface area (Å²) in [6.45, 7) is 6.27. The van der Waals surface area contributed by atoms with Crippen LogP contribution >= 0.6 is 0 Å². The first-order valence-corrected chi connectivity index (χ1v) is 18.2. The van der Waals surface area contributed by atoms with Crippen molar-refractivity contribution in [1.82, 2.24) is 34.7 Å². The number of rotatable bonds is 9. The van der Waals surface area contributed by atoms with Crippen LogP contribution in [0.3, 0.4) is 0 Å². The normalized spacial score (nSPS) is 19.2. The van der Waals surface area contributed by atoms with Gasteiger partial charge in [-0.05, 0) is 90.4 Å². The number of benzene rings is 2. The Morgan fingerprint density at radius 3 is 2.37 bits per heavy atom. The number of oxazole rings is 1. The van der Waals surface area contributed by atoms with Crippen LogP contribution in [0.15, 0.2) is 65.3 Å². The minimum Gasteiger partial charge on any atom is -0.481 e. The first-order chi connectivity index (χ1) is 26.2. The maximum Gasteiger partial charge on any atom is 0.307 e. The molecule has 2 unspecified atom stereocenters. The second-order valence-corrected chi connectivity index (χ2v) is 14.5. The largest absolute Gasteiger partial charge is 0.481 e. The Morgan fingerprint density at radius 1 is 0.889 bits per heavy atom. The number of nitrogens with zero attached hydrogens (tertiary/aromatic N) is 8. The molecule has 0 saturated carbocycles. The number of carboxylic acid groups (broad SMARTS) is 1. The van der Waals surface area contributed by atoms with Crippen LogP contribution in [0, 0.1) is 12.8 Å². The second-order valence-electron chi connectivity index (χ2n) is 14.5. The fourth-order valence-corrected chi connectivity index (χ4v) is 8.22. The lowest BCUT2D eigenvalue weighted by Gasteiger charge is -2.21. The number of halogens is 2. The molecule has 6 aromatic rings. The molecule has 3 aliphatic heterocycles. The van der Waals surface area contributed by atoms with Gasteiger partial charge in [-0.3, -0.25) is 19.6 Å². The Labute approximate surface area is 309 Å². The molecule has 9 rings (SSSR count). The van der Waals surface area contributed by atoms with Gasteiger partial charge in [0.2, 0.25) is 11.6 Å². The number of anilines is 2. The first kappa shape index (κ1) is 34.3. The summed E-state index contributed by atoms with van der Waals surface area (Å²) in [6.07, 6.45) is 2.30. The maximum atomic E-state index is 14.2. The van der Waals surface area contributed by atoms with Crippen LogP contribution in [-0.4, -0.2) is 89.7 Å². The van der Waals surface area contributed by atoms with Gasteiger partial charge in [-0.15, -0.1) is 0 Å². The summed E-state index contributed by atoms with van der Waals surface area (Å²) < 4.78 is 34.6. The molecule has 14 heteroatoms. The van der Waals surface area contributed by atoms with E-state index in [1.54, 1.807) is 18.5 Å². The van der Waals surface area contributed by atoms with Gasteiger partial charge >= 0.3 is 5.97 Å². The van der Waals surface area contributed by atoms with E-state index in [1.165, 1.54) is 0 Å². The monoisotopic (exact) mass is 732 g/mol. The summed E-state index contributed by atoms with van der Waals surface area (Å²) in [4.78, 5) is 40.3. The van der Waals surface area contributed by atoms with E-state index in [1.807, 2.05) is 42.2 Å². The lowest BCUT2D eigenvalue weighted by Crippen LogP contribution is -2.22. The van der Waals surface area contributed by atoms with Crippen LogP contribution < -0.4 is 4.90 Å². The van der Waals surface area contributed by atoms with E-state index in [2.05, 4.69) is 36.9 Å². The Bertz CT molecular complexity index is 2420. The number of alkyl halides is 2. The van der Waals surface area contributed by atoms with Crippen LogP contribution in [0.25, 0.3) is 44.8 Å². The average molecular weight is 733 g/mol. The molecule has 2 atom stereocenters. The number of aliphatic hydroxyl groups is 1. The molecule has 2 fully saturated rings. The van der Waals surface area contributed by atoms with Gasteiger partial charge < -0.3 is 19.5 Å². The Kier molecular flexibility index (Phi) is 8.75. The minimum atomic E-state index is -2.85. The van der Waals surface area contributed by atoms with E-state index in [0.29, 0.717) is 86.0 Å². The molecule has 0 spiro atoms. The molecule has 0 amide bonds. The molecule has 12 nitrogen and oxygen atoms in total. The third kappa shape index (κ3) is 6.33. The zero-order valence-electron chi connectivity index (χ0n) is 29.6. The quantitative estimate of drug-likeness (QED) is 0.172. The van der Waals surface area contributed by atoms with Crippen LogP contribution in [0.2, 0.25) is 0 Å². The highest BCUT2D eigenvalue weighted by Gasteiger charge is 2.30. The van der Waals surface area contributed by atoms with Gasteiger partial charge in [-0.1, -0.05) is 24.3 Å². The van der Waals surface area contributed by atoms with Crippen molar-refractivity contribution in [3.05, 3.63) is 89.0 Å². The number of pyridine rings is 2. The molecule has 0 aliphatic carbocycles. The molecule has 0 radical (unpaired) electrons. The van der Waals surface area contributed by atoms with Gasteiger partial charge in [0.05, 0.1) is 17.5 Å². The number of aliphatic carboxylic acids is 1. The second kappa shape index (κ2) is 13.8. The van der Waals surface area contributed by atoms with Crippen molar-refractivity contribution in [3.8, 4) is 22.6 Å². The lowest BCUT2D eigenvalue weighted by molar-refractivity contribution is -0.141. The number of hydrogen-bond acceptors (Lipinski definition) is 11. The third-order valence-corrected chi connectivity index (χ3v) is 10.9. The SMILES string of the molecule is Cc1c(-c2nc3cc(CN4CCC(C(=O)O)C4)cnc3o2)cccc1-c1cccc2c1CCN2c1nc(C(F)F)nc2cc(CN3CCC(O)C3)cnc12. The zero-order valence-corrected chi connectivity index (χ0v) is 29.6. The molecule has 2 saturated heterocycles. The Hall–Kier alpha value is -5.44. The van der Waals surface area contributed by atoms with Crippen molar-refractivity contribution in [3.63, 3.8) is 0 Å².